The summed E-state index contributed by atoms with van der Waals surface area (Å²) in [7, 11) is 1.61. The molecular formula is C23H29N7O2S. The van der Waals surface area contributed by atoms with Gasteiger partial charge in [0.15, 0.2) is 5.82 Å². The molecule has 33 heavy (non-hydrogen) atoms. The molecule has 1 aliphatic rings. The van der Waals surface area contributed by atoms with E-state index in [2.05, 4.69) is 44.4 Å². The van der Waals surface area contributed by atoms with Crippen LogP contribution in [0.1, 0.15) is 6.92 Å². The Hall–Kier alpha value is -3.24. The number of thioether (sulfide) groups is 1. The average Bonchev–Trinajstić information content (AvgIpc) is 3.23. The number of rotatable bonds is 8. The Morgan fingerprint density at radius 2 is 1.76 bits per heavy atom. The van der Waals surface area contributed by atoms with E-state index in [1.54, 1.807) is 7.11 Å². The summed E-state index contributed by atoms with van der Waals surface area (Å²) in [6.45, 7) is 7.50. The smallest absolute Gasteiger partial charge is 0.234 e. The van der Waals surface area contributed by atoms with Gasteiger partial charge in [-0.25, -0.2) is 4.68 Å². The molecule has 0 spiro atoms. The van der Waals surface area contributed by atoms with Crippen LogP contribution in [0.5, 0.6) is 5.75 Å². The highest BCUT2D eigenvalue weighted by atomic mass is 32.2. The topological polar surface area (TPSA) is 102 Å². The highest BCUT2D eigenvalue weighted by molar-refractivity contribution is 7.99. The van der Waals surface area contributed by atoms with Crippen LogP contribution in [0.2, 0.25) is 0 Å². The maximum Gasteiger partial charge on any atom is 0.234 e. The van der Waals surface area contributed by atoms with Crippen LogP contribution in [-0.2, 0) is 4.79 Å². The van der Waals surface area contributed by atoms with Crippen LogP contribution in [0.3, 0.4) is 0 Å². The number of aromatic nitrogens is 3. The molecule has 0 aliphatic carbocycles. The molecule has 1 saturated heterocycles. The normalized spacial score (nSPS) is 14.3. The van der Waals surface area contributed by atoms with Gasteiger partial charge in [-0.2, -0.15) is 0 Å². The van der Waals surface area contributed by atoms with Crippen molar-refractivity contribution >= 4 is 29.0 Å². The molecule has 2 aromatic carbocycles. The lowest BCUT2D eigenvalue weighted by atomic mass is 10.2. The molecule has 0 atom stereocenters. The van der Waals surface area contributed by atoms with Gasteiger partial charge in [0.2, 0.25) is 11.1 Å². The molecule has 2 heterocycles. The number of hydrogen-bond donors (Lipinski definition) is 2. The number of hydrogen-bond acceptors (Lipinski definition) is 8. The molecule has 0 unspecified atom stereocenters. The number of anilines is 2. The summed E-state index contributed by atoms with van der Waals surface area (Å²) in [4.78, 5) is 17.3. The number of ether oxygens (including phenoxy) is 1. The molecule has 1 amide bonds. The van der Waals surface area contributed by atoms with Crippen molar-refractivity contribution in [1.29, 1.82) is 0 Å². The first-order chi connectivity index (χ1) is 16.1. The van der Waals surface area contributed by atoms with E-state index in [0.29, 0.717) is 11.0 Å². The van der Waals surface area contributed by atoms with Crippen molar-refractivity contribution in [1.82, 2.24) is 19.8 Å². The predicted octanol–water partition coefficient (Wildman–Crippen LogP) is 2.54. The van der Waals surface area contributed by atoms with Gasteiger partial charge in [0.25, 0.3) is 0 Å². The second-order valence-electron chi connectivity index (χ2n) is 7.71. The van der Waals surface area contributed by atoms with E-state index >= 15 is 0 Å². The summed E-state index contributed by atoms with van der Waals surface area (Å²) < 4.78 is 6.57. The molecule has 1 aliphatic heterocycles. The molecule has 3 N–H and O–H groups in total. The molecule has 9 nitrogen and oxygen atoms in total. The lowest BCUT2D eigenvalue weighted by Crippen LogP contribution is -2.46. The molecule has 174 valence electrons. The zero-order valence-electron chi connectivity index (χ0n) is 18.9. The number of methoxy groups -OCH3 is 1. The number of likely N-dealkylation sites (N-methyl/N-ethyl adjacent to an activating group) is 1. The highest BCUT2D eigenvalue weighted by Gasteiger charge is 2.16. The Bertz CT molecular complexity index is 1060. The van der Waals surface area contributed by atoms with Gasteiger partial charge in [-0.05, 0) is 55.1 Å². The molecule has 0 radical (unpaired) electrons. The Kier molecular flexibility index (Phi) is 7.36. The Morgan fingerprint density at radius 3 is 2.39 bits per heavy atom. The van der Waals surface area contributed by atoms with E-state index in [4.69, 9.17) is 10.6 Å². The minimum atomic E-state index is -0.127. The van der Waals surface area contributed by atoms with E-state index in [-0.39, 0.29) is 11.7 Å². The van der Waals surface area contributed by atoms with Gasteiger partial charge in [0.05, 0.1) is 12.9 Å². The summed E-state index contributed by atoms with van der Waals surface area (Å²) in [5.41, 5.74) is 2.77. The van der Waals surface area contributed by atoms with Crippen molar-refractivity contribution in [2.24, 2.45) is 0 Å². The summed E-state index contributed by atoms with van der Waals surface area (Å²) in [6.07, 6.45) is 0. The van der Waals surface area contributed by atoms with E-state index in [0.717, 1.165) is 49.7 Å². The highest BCUT2D eigenvalue weighted by Crippen LogP contribution is 2.24. The molecule has 1 fully saturated rings. The minimum Gasteiger partial charge on any atom is -0.497 e. The largest absolute Gasteiger partial charge is 0.497 e. The van der Waals surface area contributed by atoms with Gasteiger partial charge in [-0.3, -0.25) is 4.79 Å². The Labute approximate surface area is 197 Å². The van der Waals surface area contributed by atoms with Crippen LogP contribution >= 0.6 is 11.8 Å². The molecule has 0 bridgehead atoms. The van der Waals surface area contributed by atoms with Crippen molar-refractivity contribution in [2.45, 2.75) is 12.1 Å². The fourth-order valence-corrected chi connectivity index (χ4v) is 4.37. The van der Waals surface area contributed by atoms with Crippen molar-refractivity contribution in [2.75, 3.05) is 61.6 Å². The maximum absolute atomic E-state index is 12.4. The fourth-order valence-electron chi connectivity index (χ4n) is 3.72. The van der Waals surface area contributed by atoms with Gasteiger partial charge in [0, 0.05) is 43.1 Å². The van der Waals surface area contributed by atoms with Crippen LogP contribution < -0.4 is 20.8 Å². The number of nitrogens with two attached hydrogens (primary N) is 1. The number of nitrogens with zero attached hydrogens (tertiary/aromatic N) is 5. The minimum absolute atomic E-state index is 0.127. The number of amides is 1. The predicted molar refractivity (Wildman–Crippen MR) is 132 cm³/mol. The van der Waals surface area contributed by atoms with Crippen LogP contribution in [0.15, 0.2) is 53.7 Å². The maximum atomic E-state index is 12.4. The first-order valence-electron chi connectivity index (χ1n) is 10.9. The van der Waals surface area contributed by atoms with Gasteiger partial charge in [-0.1, -0.05) is 18.7 Å². The number of carbonyl (C=O) groups excluding carboxylic acids is 1. The fraction of sp³-hybridized carbons (Fsp3) is 0.348. The Morgan fingerprint density at radius 1 is 1.06 bits per heavy atom. The molecule has 4 rings (SSSR count). The molecule has 10 heteroatoms. The van der Waals surface area contributed by atoms with Crippen molar-refractivity contribution in [3.8, 4) is 17.1 Å². The van der Waals surface area contributed by atoms with E-state index in [1.165, 1.54) is 22.1 Å². The number of carbonyl (C=O) groups is 1. The van der Waals surface area contributed by atoms with Crippen LogP contribution in [0.4, 0.5) is 11.4 Å². The van der Waals surface area contributed by atoms with Crippen molar-refractivity contribution in [3.05, 3.63) is 48.5 Å². The van der Waals surface area contributed by atoms with Crippen molar-refractivity contribution < 1.29 is 9.53 Å². The molecule has 3 aromatic rings. The summed E-state index contributed by atoms with van der Waals surface area (Å²) in [6, 6.07) is 15.4. The first-order valence-corrected chi connectivity index (χ1v) is 11.9. The SMILES string of the molecule is CCN1CCN(c2ccc(NC(=O)CSc3nnc(-c4ccc(OC)cc4)n3N)cc2)CC1. The van der Waals surface area contributed by atoms with E-state index in [9.17, 15) is 4.79 Å². The third-order valence-corrected chi connectivity index (χ3v) is 6.62. The molecular weight excluding hydrogens is 438 g/mol. The second-order valence-corrected chi connectivity index (χ2v) is 8.65. The summed E-state index contributed by atoms with van der Waals surface area (Å²) in [5.74, 6) is 7.48. The summed E-state index contributed by atoms with van der Waals surface area (Å²) >= 11 is 1.24. The summed E-state index contributed by atoms with van der Waals surface area (Å²) in [5, 5.41) is 11.7. The zero-order valence-corrected chi connectivity index (χ0v) is 19.7. The lowest BCUT2D eigenvalue weighted by Gasteiger charge is -2.35. The van der Waals surface area contributed by atoms with Gasteiger partial charge < -0.3 is 25.7 Å². The monoisotopic (exact) mass is 467 g/mol. The van der Waals surface area contributed by atoms with Gasteiger partial charge >= 0.3 is 0 Å². The van der Waals surface area contributed by atoms with Crippen LogP contribution in [0.25, 0.3) is 11.4 Å². The van der Waals surface area contributed by atoms with Gasteiger partial charge in [-0.15, -0.1) is 10.2 Å². The third kappa shape index (κ3) is 5.58. The van der Waals surface area contributed by atoms with Gasteiger partial charge in [0.1, 0.15) is 5.75 Å². The van der Waals surface area contributed by atoms with E-state index in [1.807, 2.05) is 36.4 Å². The standard InChI is InChI=1S/C23H29N7O2S/c1-3-28-12-14-29(15-13-28)19-8-6-18(7-9-19)25-21(31)16-33-23-27-26-22(30(23)24)17-4-10-20(32-2)11-5-17/h4-11H,3,12-16,24H2,1-2H3,(H,25,31). The number of nitrogen functional groups attached to an aromatic ring is 1. The van der Waals surface area contributed by atoms with Crippen molar-refractivity contribution in [3.63, 3.8) is 0 Å². The quantitative estimate of drug-likeness (QED) is 0.385. The lowest BCUT2D eigenvalue weighted by molar-refractivity contribution is -0.113. The first kappa shape index (κ1) is 22.9. The molecule has 1 aromatic heterocycles. The number of piperazine rings is 1. The number of benzene rings is 2. The Balaban J connectivity index is 1.29. The molecule has 0 saturated carbocycles. The average molecular weight is 468 g/mol. The van der Waals surface area contributed by atoms with Crippen LogP contribution in [0, 0.1) is 0 Å². The second kappa shape index (κ2) is 10.6. The zero-order chi connectivity index (χ0) is 23.2. The number of nitrogens with one attached hydrogen (secondary N) is 1. The van der Waals surface area contributed by atoms with E-state index < -0.39 is 0 Å². The van der Waals surface area contributed by atoms with Crippen LogP contribution in [-0.4, -0.2) is 71.3 Å². The third-order valence-electron chi connectivity index (χ3n) is 5.68.